The molecular weight excluding hydrogens is 817 g/mol. The average molecular weight is 844 g/mol. The minimum absolute atomic E-state index is 0. The van der Waals surface area contributed by atoms with Gasteiger partial charge in [0.15, 0.2) is 5.69 Å². The van der Waals surface area contributed by atoms with Crippen LogP contribution < -0.4 is 27.5 Å². The number of nitro groups is 2. The van der Waals surface area contributed by atoms with Crippen LogP contribution in [0, 0.1) is 31.9 Å². The number of halogens is 10. The van der Waals surface area contributed by atoms with Crippen LogP contribution in [0.2, 0.25) is 10.0 Å². The molecule has 0 aliphatic rings. The van der Waals surface area contributed by atoms with Crippen molar-refractivity contribution in [1.29, 1.82) is 0 Å². The zero-order valence-corrected chi connectivity index (χ0v) is 27.7. The molecule has 4 N–H and O–H groups in total. The van der Waals surface area contributed by atoms with E-state index in [-0.39, 0.29) is 42.2 Å². The molecule has 4 aromatic rings. The number of nitrogens with zero attached hydrogens (tertiary/aromatic N) is 5. The third kappa shape index (κ3) is 15.0. The van der Waals surface area contributed by atoms with E-state index in [1.54, 1.807) is 0 Å². The highest BCUT2D eigenvalue weighted by atomic mass is 35.5. The number of nitro benzene ring substituents is 2. The van der Waals surface area contributed by atoms with Crippen LogP contribution in [0.3, 0.4) is 0 Å². The standard InChI is InChI=1S/C11H4ClF4N3O4.C7H7F3N2O2.C6H4ClFN2O2.C2H4O2.2CH4/c12-4-1-5(13)7(2-6(4)19(22)23)18-9(20)3-8(11(14,15)16)17-10(18)21;1-12(2)6-11-4(7(8,9)10)3-5(13)14-6;7-3-1-4(8)5(9)2-6(3)10(11)12;1-2(3)4;;/h1-3H,(H,17,21);3H,1-2H3;1-2H,9H2;1H3,(H,3,4);2*1H4. The number of anilines is 2. The molecule has 0 amide bonds. The molecule has 27 heteroatoms. The third-order valence-electron chi connectivity index (χ3n) is 5.29. The number of nitrogen functional groups attached to an aromatic ring is 1. The Morgan fingerprint density at radius 1 is 0.891 bits per heavy atom. The number of rotatable bonds is 4. The lowest BCUT2D eigenvalue weighted by atomic mass is 10.2. The van der Waals surface area contributed by atoms with Crippen molar-refractivity contribution in [3.8, 4) is 5.69 Å². The summed E-state index contributed by atoms with van der Waals surface area (Å²) in [4.78, 5) is 68.0. The lowest BCUT2D eigenvalue weighted by molar-refractivity contribution is -0.384. The molecular formula is C28H27Cl2F8N7O10. The molecule has 4 rings (SSSR count). The number of carbonyl (C=O) groups is 1. The van der Waals surface area contributed by atoms with Crippen molar-refractivity contribution in [2.75, 3.05) is 24.7 Å². The summed E-state index contributed by atoms with van der Waals surface area (Å²) in [7, 11) is 2.84. The molecule has 0 aliphatic carbocycles. The topological polar surface area (TPSA) is 251 Å². The summed E-state index contributed by atoms with van der Waals surface area (Å²) in [5.74, 6) is -2.89. The molecule has 2 aromatic carbocycles. The summed E-state index contributed by atoms with van der Waals surface area (Å²) in [5.41, 5.74) is -4.40. The predicted octanol–water partition coefficient (Wildman–Crippen LogP) is 6.70. The lowest BCUT2D eigenvalue weighted by Gasteiger charge is -2.10. The average Bonchev–Trinajstić information content (AvgIpc) is 2.98. The van der Waals surface area contributed by atoms with Gasteiger partial charge < -0.3 is 25.1 Å². The normalized spacial score (nSPS) is 10.3. The molecule has 2 heterocycles. The quantitative estimate of drug-likeness (QED) is 0.0838. The van der Waals surface area contributed by atoms with E-state index in [0.717, 1.165) is 19.1 Å². The number of carboxylic acids is 1. The number of aromatic nitrogens is 3. The van der Waals surface area contributed by atoms with Crippen molar-refractivity contribution < 1.29 is 59.3 Å². The Hall–Kier alpha value is -6.11. The number of hydrogen-bond donors (Lipinski definition) is 3. The van der Waals surface area contributed by atoms with Crippen LogP contribution in [-0.2, 0) is 17.1 Å². The summed E-state index contributed by atoms with van der Waals surface area (Å²) in [5, 5.41) is 27.5. The number of benzene rings is 2. The van der Waals surface area contributed by atoms with Crippen molar-refractivity contribution in [1.82, 2.24) is 14.5 Å². The molecule has 0 fully saturated rings. The Bertz CT molecular complexity index is 2160. The van der Waals surface area contributed by atoms with Crippen molar-refractivity contribution >= 4 is 52.2 Å². The van der Waals surface area contributed by atoms with Gasteiger partial charge in [-0.25, -0.2) is 22.9 Å². The Balaban J connectivity index is 0. The van der Waals surface area contributed by atoms with Crippen molar-refractivity contribution in [2.45, 2.75) is 34.1 Å². The van der Waals surface area contributed by atoms with E-state index in [2.05, 4.69) is 9.40 Å². The van der Waals surface area contributed by atoms with Crippen LogP contribution in [0.1, 0.15) is 33.2 Å². The van der Waals surface area contributed by atoms with Gasteiger partial charge in [-0.15, -0.1) is 0 Å². The molecule has 55 heavy (non-hydrogen) atoms. The number of hydrogen-bond acceptors (Lipinski definition) is 12. The SMILES string of the molecule is C.C.CC(=O)O.CN(C)c1nc(C(F)(F)F)cc(=O)o1.Nc1cc([N+](=O)[O-])c(Cl)cc1F.O=c1cc(C(F)(F)F)[nH]c(=O)n1-c1cc([N+](=O)[O-])c(Cl)cc1F. The minimum atomic E-state index is -5.00. The Morgan fingerprint density at radius 3 is 1.75 bits per heavy atom. The molecule has 0 spiro atoms. The highest BCUT2D eigenvalue weighted by Crippen LogP contribution is 2.30. The molecule has 304 valence electrons. The van der Waals surface area contributed by atoms with E-state index in [1.807, 2.05) is 0 Å². The van der Waals surface area contributed by atoms with E-state index >= 15 is 0 Å². The van der Waals surface area contributed by atoms with Crippen LogP contribution in [0.15, 0.2) is 55.2 Å². The van der Waals surface area contributed by atoms with Gasteiger partial charge in [-0.05, 0) is 0 Å². The van der Waals surface area contributed by atoms with Gasteiger partial charge in [0.2, 0.25) is 0 Å². The van der Waals surface area contributed by atoms with Crippen LogP contribution >= 0.6 is 23.2 Å². The molecule has 0 unspecified atom stereocenters. The zero-order valence-electron chi connectivity index (χ0n) is 26.2. The van der Waals surface area contributed by atoms with E-state index in [4.69, 9.17) is 38.8 Å². The van der Waals surface area contributed by atoms with Gasteiger partial charge in [-0.3, -0.25) is 29.8 Å². The largest absolute Gasteiger partial charge is 0.481 e. The summed E-state index contributed by atoms with van der Waals surface area (Å²) < 4.78 is 105. The first-order valence-electron chi connectivity index (χ1n) is 13.0. The Labute approximate surface area is 311 Å². The van der Waals surface area contributed by atoms with Crippen LogP contribution in [0.5, 0.6) is 0 Å². The highest BCUT2D eigenvalue weighted by molar-refractivity contribution is 6.33. The second-order valence-electron chi connectivity index (χ2n) is 9.51. The number of aromatic amines is 1. The second-order valence-corrected chi connectivity index (χ2v) is 10.3. The molecule has 0 atom stereocenters. The van der Waals surface area contributed by atoms with Crippen molar-refractivity contribution in [2.24, 2.45) is 0 Å². The first kappa shape index (κ1) is 51.0. The van der Waals surface area contributed by atoms with E-state index in [9.17, 15) is 69.7 Å². The number of nitrogens with two attached hydrogens (primary N) is 1. The molecule has 0 saturated heterocycles. The Kier molecular flexibility index (Phi) is 18.9. The first-order valence-corrected chi connectivity index (χ1v) is 13.8. The highest BCUT2D eigenvalue weighted by Gasteiger charge is 2.35. The second kappa shape index (κ2) is 20.4. The van der Waals surface area contributed by atoms with Gasteiger partial charge in [-0.1, -0.05) is 38.1 Å². The van der Waals surface area contributed by atoms with Gasteiger partial charge in [-0.2, -0.15) is 31.3 Å². The van der Waals surface area contributed by atoms with Crippen LogP contribution in [0.4, 0.5) is 58.2 Å². The van der Waals surface area contributed by atoms with Gasteiger partial charge in [0.1, 0.15) is 27.4 Å². The maximum Gasteiger partial charge on any atom is 0.433 e. The summed E-state index contributed by atoms with van der Waals surface area (Å²) in [6.07, 6.45) is -9.64. The Morgan fingerprint density at radius 2 is 1.35 bits per heavy atom. The van der Waals surface area contributed by atoms with E-state index < -0.39 is 90.2 Å². The zero-order chi connectivity index (χ0) is 41.3. The van der Waals surface area contributed by atoms with Crippen LogP contribution in [0.25, 0.3) is 5.69 Å². The fourth-order valence-corrected chi connectivity index (χ4v) is 3.57. The summed E-state index contributed by atoms with van der Waals surface area (Å²) in [6.45, 7) is 1.08. The molecule has 2 aromatic heterocycles. The number of alkyl halides is 6. The molecule has 0 saturated carbocycles. The van der Waals surface area contributed by atoms with Gasteiger partial charge in [0.05, 0.1) is 27.3 Å². The number of H-pyrrole nitrogens is 1. The smallest absolute Gasteiger partial charge is 0.433 e. The number of carboxylic acid groups (broad SMARTS) is 1. The fourth-order valence-electron chi connectivity index (χ4n) is 3.13. The predicted molar refractivity (Wildman–Crippen MR) is 181 cm³/mol. The van der Waals surface area contributed by atoms with Gasteiger partial charge in [0.25, 0.3) is 28.9 Å². The van der Waals surface area contributed by atoms with Crippen molar-refractivity contribution in [3.63, 3.8) is 0 Å². The van der Waals surface area contributed by atoms with Gasteiger partial charge in [0, 0.05) is 51.4 Å². The monoisotopic (exact) mass is 843 g/mol. The first-order chi connectivity index (χ1) is 24.1. The fraction of sp³-hybridized carbons (Fsp3) is 0.250. The minimum Gasteiger partial charge on any atom is -0.481 e. The number of aliphatic carboxylic acids is 1. The molecule has 0 radical (unpaired) electrons. The van der Waals surface area contributed by atoms with Crippen LogP contribution in [-0.4, -0.2) is 49.6 Å². The molecule has 0 aliphatic heterocycles. The van der Waals surface area contributed by atoms with Crippen molar-refractivity contribution in [3.05, 3.63) is 121 Å². The summed E-state index contributed by atoms with van der Waals surface area (Å²) >= 11 is 10.8. The lowest BCUT2D eigenvalue weighted by Crippen LogP contribution is -2.36. The van der Waals surface area contributed by atoms with E-state index in [0.29, 0.717) is 18.2 Å². The molecule has 17 nitrogen and oxygen atoms in total. The maximum absolute atomic E-state index is 13.8. The van der Waals surface area contributed by atoms with Gasteiger partial charge >= 0.3 is 23.7 Å². The number of nitrogens with one attached hydrogen (secondary N) is 1. The summed E-state index contributed by atoms with van der Waals surface area (Å²) in [6, 6.07) is 2.62. The van der Waals surface area contributed by atoms with E-state index in [1.165, 1.54) is 24.0 Å². The maximum atomic E-state index is 13.8. The third-order valence-corrected chi connectivity index (χ3v) is 5.90. The molecule has 0 bridgehead atoms.